The summed E-state index contributed by atoms with van der Waals surface area (Å²) >= 11 is 1.78. The maximum Gasteiger partial charge on any atom is 0.326 e. The van der Waals surface area contributed by atoms with Crippen LogP contribution in [0, 0.1) is 0 Å². The molecule has 0 spiro atoms. The monoisotopic (exact) mass is 445 g/mol. The SMILES string of the molecule is CCc1ccc(CNC(=O)c2ccc(NC(=O)N3C[C@H](C)Sc4ccccc43)cc2)cc1. The minimum absolute atomic E-state index is 0.141. The Morgan fingerprint density at radius 2 is 1.66 bits per heavy atom. The van der Waals surface area contributed by atoms with Gasteiger partial charge in [-0.2, -0.15) is 0 Å². The Bertz CT molecular complexity index is 1100. The van der Waals surface area contributed by atoms with Gasteiger partial charge in [0.2, 0.25) is 0 Å². The van der Waals surface area contributed by atoms with Crippen molar-refractivity contribution in [2.45, 2.75) is 37.0 Å². The standard InChI is InChI=1S/C26H27N3O2S/c1-3-19-8-10-20(11-9-19)16-27-25(30)21-12-14-22(15-13-21)28-26(31)29-17-18(2)32-24-7-5-4-6-23(24)29/h4-15,18H,3,16-17H2,1-2H3,(H,27,30)(H,28,31)/t18-/m0/s1. The molecule has 0 radical (unpaired) electrons. The van der Waals surface area contributed by atoms with Crippen LogP contribution in [0.25, 0.3) is 0 Å². The molecule has 3 aromatic rings. The Morgan fingerprint density at radius 3 is 2.38 bits per heavy atom. The van der Waals surface area contributed by atoms with E-state index in [9.17, 15) is 9.59 Å². The fraction of sp³-hybridized carbons (Fsp3) is 0.231. The summed E-state index contributed by atoms with van der Waals surface area (Å²) < 4.78 is 0. The first-order valence-corrected chi connectivity index (χ1v) is 11.7. The van der Waals surface area contributed by atoms with E-state index in [1.165, 1.54) is 5.56 Å². The van der Waals surface area contributed by atoms with E-state index in [-0.39, 0.29) is 11.9 Å². The Labute approximate surface area is 193 Å². The predicted octanol–water partition coefficient (Wildman–Crippen LogP) is 5.71. The zero-order chi connectivity index (χ0) is 22.5. The first-order valence-electron chi connectivity index (χ1n) is 10.8. The molecule has 1 aliphatic rings. The zero-order valence-electron chi connectivity index (χ0n) is 18.3. The number of para-hydroxylation sites is 1. The molecule has 6 heteroatoms. The van der Waals surface area contributed by atoms with E-state index in [2.05, 4.69) is 36.6 Å². The number of hydrogen-bond donors (Lipinski definition) is 2. The van der Waals surface area contributed by atoms with Gasteiger partial charge in [-0.05, 0) is 53.9 Å². The molecule has 0 aromatic heterocycles. The number of benzene rings is 3. The highest BCUT2D eigenvalue weighted by atomic mass is 32.2. The van der Waals surface area contributed by atoms with Crippen LogP contribution in [-0.4, -0.2) is 23.7 Å². The smallest absolute Gasteiger partial charge is 0.326 e. The molecule has 1 aliphatic heterocycles. The van der Waals surface area contributed by atoms with E-state index in [4.69, 9.17) is 0 Å². The fourth-order valence-electron chi connectivity index (χ4n) is 3.65. The molecule has 1 atom stereocenters. The highest BCUT2D eigenvalue weighted by Gasteiger charge is 2.26. The number of thioether (sulfide) groups is 1. The average Bonchev–Trinajstić information content (AvgIpc) is 2.82. The minimum Gasteiger partial charge on any atom is -0.348 e. The Hall–Kier alpha value is -3.25. The van der Waals surface area contributed by atoms with E-state index in [0.29, 0.717) is 29.6 Å². The summed E-state index contributed by atoms with van der Waals surface area (Å²) in [5, 5.41) is 6.22. The number of fused-ring (bicyclic) bond motifs is 1. The van der Waals surface area contributed by atoms with Gasteiger partial charge in [0.15, 0.2) is 0 Å². The van der Waals surface area contributed by atoms with Gasteiger partial charge in [0.05, 0.1) is 5.69 Å². The van der Waals surface area contributed by atoms with Crippen molar-refractivity contribution in [3.63, 3.8) is 0 Å². The number of amides is 3. The van der Waals surface area contributed by atoms with Gasteiger partial charge >= 0.3 is 6.03 Å². The summed E-state index contributed by atoms with van der Waals surface area (Å²) in [5.41, 5.74) is 4.48. The van der Waals surface area contributed by atoms with Crippen LogP contribution >= 0.6 is 11.8 Å². The van der Waals surface area contributed by atoms with Crippen LogP contribution in [0.15, 0.2) is 77.7 Å². The van der Waals surface area contributed by atoms with Crippen molar-refractivity contribution in [3.05, 3.63) is 89.5 Å². The number of anilines is 2. The van der Waals surface area contributed by atoms with Crippen LogP contribution < -0.4 is 15.5 Å². The van der Waals surface area contributed by atoms with Crippen molar-refractivity contribution < 1.29 is 9.59 Å². The lowest BCUT2D eigenvalue weighted by Gasteiger charge is -2.32. The summed E-state index contributed by atoms with van der Waals surface area (Å²) in [4.78, 5) is 28.3. The second-order valence-electron chi connectivity index (χ2n) is 7.87. The molecule has 4 rings (SSSR count). The molecular formula is C26H27N3O2S. The van der Waals surface area contributed by atoms with Crippen molar-refractivity contribution in [3.8, 4) is 0 Å². The first-order chi connectivity index (χ1) is 15.5. The molecule has 2 N–H and O–H groups in total. The third-order valence-corrected chi connectivity index (χ3v) is 6.60. The zero-order valence-corrected chi connectivity index (χ0v) is 19.1. The maximum absolute atomic E-state index is 12.9. The molecule has 0 saturated heterocycles. The number of rotatable bonds is 5. The van der Waals surface area contributed by atoms with Crippen molar-refractivity contribution >= 4 is 35.1 Å². The largest absolute Gasteiger partial charge is 0.348 e. The van der Waals surface area contributed by atoms with Crippen LogP contribution in [0.4, 0.5) is 16.2 Å². The molecule has 0 unspecified atom stereocenters. The molecular weight excluding hydrogens is 418 g/mol. The average molecular weight is 446 g/mol. The summed E-state index contributed by atoms with van der Waals surface area (Å²) in [5.74, 6) is -0.141. The van der Waals surface area contributed by atoms with Crippen molar-refractivity contribution in [2.24, 2.45) is 0 Å². The van der Waals surface area contributed by atoms with Crippen molar-refractivity contribution in [1.29, 1.82) is 0 Å². The predicted molar refractivity (Wildman–Crippen MR) is 132 cm³/mol. The summed E-state index contributed by atoms with van der Waals surface area (Å²) in [6, 6.07) is 23.0. The second-order valence-corrected chi connectivity index (χ2v) is 9.35. The molecule has 0 bridgehead atoms. The number of carbonyl (C=O) groups is 2. The quantitative estimate of drug-likeness (QED) is 0.529. The molecule has 32 heavy (non-hydrogen) atoms. The molecule has 0 fully saturated rings. The van der Waals surface area contributed by atoms with Gasteiger partial charge in [-0.3, -0.25) is 9.69 Å². The second kappa shape index (κ2) is 9.92. The van der Waals surface area contributed by atoms with Gasteiger partial charge < -0.3 is 10.6 Å². The van der Waals surface area contributed by atoms with E-state index < -0.39 is 0 Å². The molecule has 1 heterocycles. The Kier molecular flexibility index (Phi) is 6.81. The topological polar surface area (TPSA) is 61.4 Å². The molecule has 3 aromatic carbocycles. The summed E-state index contributed by atoms with van der Waals surface area (Å²) in [6.45, 7) is 5.36. The molecule has 3 amide bonds. The lowest BCUT2D eigenvalue weighted by atomic mass is 10.1. The number of hydrogen-bond acceptors (Lipinski definition) is 3. The summed E-state index contributed by atoms with van der Waals surface area (Å²) in [6.07, 6.45) is 0.998. The molecule has 0 aliphatic carbocycles. The molecule has 164 valence electrons. The van der Waals surface area contributed by atoms with E-state index >= 15 is 0 Å². The van der Waals surface area contributed by atoms with Crippen LogP contribution in [0.5, 0.6) is 0 Å². The van der Waals surface area contributed by atoms with Gasteiger partial charge in [0, 0.05) is 34.5 Å². The van der Waals surface area contributed by atoms with Crippen LogP contribution in [-0.2, 0) is 13.0 Å². The normalized spacial score (nSPS) is 15.1. The first kappa shape index (κ1) is 22.0. The minimum atomic E-state index is -0.169. The van der Waals surface area contributed by atoms with Crippen LogP contribution in [0.3, 0.4) is 0 Å². The maximum atomic E-state index is 12.9. The van der Waals surface area contributed by atoms with Gasteiger partial charge in [-0.25, -0.2) is 4.79 Å². The van der Waals surface area contributed by atoms with Gasteiger partial charge in [-0.1, -0.05) is 50.2 Å². The van der Waals surface area contributed by atoms with Crippen LogP contribution in [0.1, 0.15) is 35.3 Å². The van der Waals surface area contributed by atoms with Crippen molar-refractivity contribution in [2.75, 3.05) is 16.8 Å². The highest BCUT2D eigenvalue weighted by molar-refractivity contribution is 8.00. The number of nitrogens with zero attached hydrogens (tertiary/aromatic N) is 1. The summed E-state index contributed by atoms with van der Waals surface area (Å²) in [7, 11) is 0. The number of carbonyl (C=O) groups excluding carboxylic acids is 2. The van der Waals surface area contributed by atoms with E-state index in [0.717, 1.165) is 22.6 Å². The number of aryl methyl sites for hydroxylation is 1. The van der Waals surface area contributed by atoms with Gasteiger partial charge in [0.1, 0.15) is 0 Å². The van der Waals surface area contributed by atoms with Crippen LogP contribution in [0.2, 0.25) is 0 Å². The lowest BCUT2D eigenvalue weighted by Crippen LogP contribution is -2.41. The van der Waals surface area contributed by atoms with Gasteiger partial charge in [0.25, 0.3) is 5.91 Å². The highest BCUT2D eigenvalue weighted by Crippen LogP contribution is 2.38. The lowest BCUT2D eigenvalue weighted by molar-refractivity contribution is 0.0951. The number of urea groups is 1. The number of nitrogens with one attached hydrogen (secondary N) is 2. The van der Waals surface area contributed by atoms with E-state index in [1.807, 2.05) is 36.4 Å². The molecule has 0 saturated carbocycles. The Balaban J connectivity index is 1.36. The third kappa shape index (κ3) is 5.14. The van der Waals surface area contributed by atoms with Gasteiger partial charge in [-0.15, -0.1) is 11.8 Å². The molecule has 5 nitrogen and oxygen atoms in total. The van der Waals surface area contributed by atoms with Crippen molar-refractivity contribution in [1.82, 2.24) is 5.32 Å². The van der Waals surface area contributed by atoms with E-state index in [1.54, 1.807) is 40.9 Å². The Morgan fingerprint density at radius 1 is 0.969 bits per heavy atom. The third-order valence-electron chi connectivity index (χ3n) is 5.45. The fourth-order valence-corrected chi connectivity index (χ4v) is 4.77.